The van der Waals surface area contributed by atoms with E-state index in [2.05, 4.69) is 29.3 Å². The fourth-order valence-corrected chi connectivity index (χ4v) is 1.36. The van der Waals surface area contributed by atoms with Gasteiger partial charge in [-0.25, -0.2) is 0 Å². The van der Waals surface area contributed by atoms with Crippen LogP contribution in [0.25, 0.3) is 0 Å². The van der Waals surface area contributed by atoms with E-state index in [9.17, 15) is 0 Å². The van der Waals surface area contributed by atoms with Gasteiger partial charge >= 0.3 is 0 Å². The fourth-order valence-electron chi connectivity index (χ4n) is 1.36. The number of hydrogen-bond acceptors (Lipinski definition) is 3. The lowest BCUT2D eigenvalue weighted by Crippen LogP contribution is -2.03. The average molecular weight is 151 g/mol. The molecular weight excluding hydrogens is 138 g/mol. The zero-order valence-corrected chi connectivity index (χ0v) is 7.42. The van der Waals surface area contributed by atoms with Crippen molar-refractivity contribution in [2.45, 2.75) is 33.6 Å². The van der Waals surface area contributed by atoms with Crippen molar-refractivity contribution in [3.8, 4) is 0 Å². The Balaban J connectivity index is 3.21. The van der Waals surface area contributed by atoms with E-state index in [0.717, 1.165) is 11.4 Å². The van der Waals surface area contributed by atoms with Crippen LogP contribution in [0.2, 0.25) is 0 Å². The van der Waals surface area contributed by atoms with Gasteiger partial charge in [0, 0.05) is 5.56 Å². The quantitative estimate of drug-likeness (QED) is 0.612. The van der Waals surface area contributed by atoms with Gasteiger partial charge in [0.05, 0.1) is 11.4 Å². The van der Waals surface area contributed by atoms with Gasteiger partial charge in [-0.05, 0) is 25.0 Å². The highest BCUT2D eigenvalue weighted by Crippen LogP contribution is 2.18. The van der Waals surface area contributed by atoms with Crippen LogP contribution in [0.3, 0.4) is 0 Å². The van der Waals surface area contributed by atoms with Crippen LogP contribution in [0.5, 0.6) is 0 Å². The maximum absolute atomic E-state index is 3.90. The first-order chi connectivity index (χ1) is 5.13. The van der Waals surface area contributed by atoms with Gasteiger partial charge in [0.15, 0.2) is 0 Å². The molecule has 1 aromatic rings. The molecule has 0 saturated heterocycles. The van der Waals surface area contributed by atoms with Crippen LogP contribution in [-0.4, -0.2) is 15.4 Å². The van der Waals surface area contributed by atoms with Crippen LogP contribution >= 0.6 is 0 Å². The highest BCUT2D eigenvalue weighted by Gasteiger charge is 2.08. The summed E-state index contributed by atoms with van der Waals surface area (Å²) in [5.74, 6) is 0.484. The van der Waals surface area contributed by atoms with Crippen LogP contribution in [0.15, 0.2) is 0 Å². The summed E-state index contributed by atoms with van der Waals surface area (Å²) in [6.07, 6.45) is 0. The van der Waals surface area contributed by atoms with Crippen molar-refractivity contribution in [1.82, 2.24) is 15.4 Å². The largest absolute Gasteiger partial charge is 0.135 e. The summed E-state index contributed by atoms with van der Waals surface area (Å²) >= 11 is 0. The molecule has 1 heterocycles. The minimum absolute atomic E-state index is 0.484. The predicted molar refractivity (Wildman–Crippen MR) is 43.4 cm³/mol. The number of rotatable bonds is 1. The molecule has 3 heteroatoms. The first-order valence-electron chi connectivity index (χ1n) is 3.79. The van der Waals surface area contributed by atoms with Crippen LogP contribution in [-0.2, 0) is 0 Å². The average Bonchev–Trinajstić information content (AvgIpc) is 1.85. The lowest BCUT2D eigenvalue weighted by Gasteiger charge is -2.08. The first-order valence-corrected chi connectivity index (χ1v) is 3.79. The number of hydrogen-bond donors (Lipinski definition) is 0. The summed E-state index contributed by atoms with van der Waals surface area (Å²) < 4.78 is 0. The Labute approximate surface area is 66.9 Å². The van der Waals surface area contributed by atoms with Crippen LogP contribution in [0.4, 0.5) is 0 Å². The maximum atomic E-state index is 3.90. The second-order valence-corrected chi connectivity index (χ2v) is 3.03. The molecule has 11 heavy (non-hydrogen) atoms. The third-order valence-electron chi connectivity index (χ3n) is 1.75. The fraction of sp³-hybridized carbons (Fsp3) is 0.625. The van der Waals surface area contributed by atoms with E-state index >= 15 is 0 Å². The summed E-state index contributed by atoms with van der Waals surface area (Å²) in [5, 5.41) is 11.4. The molecule has 0 saturated carbocycles. The van der Waals surface area contributed by atoms with E-state index in [0.29, 0.717) is 5.92 Å². The van der Waals surface area contributed by atoms with E-state index in [1.165, 1.54) is 5.56 Å². The van der Waals surface area contributed by atoms with Crippen molar-refractivity contribution in [2.75, 3.05) is 0 Å². The van der Waals surface area contributed by atoms with Crippen LogP contribution in [0, 0.1) is 13.8 Å². The van der Waals surface area contributed by atoms with Crippen molar-refractivity contribution >= 4 is 0 Å². The molecule has 0 fully saturated rings. The molecule has 0 aliphatic heterocycles. The molecule has 0 spiro atoms. The molecule has 0 unspecified atom stereocenters. The van der Waals surface area contributed by atoms with Crippen molar-refractivity contribution in [2.24, 2.45) is 0 Å². The van der Waals surface area contributed by atoms with Gasteiger partial charge in [-0.3, -0.25) is 0 Å². The molecule has 0 aromatic carbocycles. The Morgan fingerprint density at radius 3 is 1.73 bits per heavy atom. The molecule has 0 aliphatic carbocycles. The molecule has 0 radical (unpaired) electrons. The van der Waals surface area contributed by atoms with E-state index in [1.54, 1.807) is 0 Å². The summed E-state index contributed by atoms with van der Waals surface area (Å²) in [6, 6.07) is 0. The zero-order chi connectivity index (χ0) is 8.43. The Kier molecular flexibility index (Phi) is 2.17. The van der Waals surface area contributed by atoms with Gasteiger partial charge in [0.25, 0.3) is 0 Å². The Morgan fingerprint density at radius 1 is 1.00 bits per heavy atom. The second-order valence-electron chi connectivity index (χ2n) is 3.03. The molecule has 0 atom stereocenters. The SMILES string of the molecule is Cc1nnnc(C)c1C(C)C. The highest BCUT2D eigenvalue weighted by atomic mass is 15.3. The normalized spacial score (nSPS) is 10.6. The third kappa shape index (κ3) is 1.53. The van der Waals surface area contributed by atoms with Crippen LogP contribution < -0.4 is 0 Å². The van der Waals surface area contributed by atoms with Gasteiger partial charge in [-0.2, -0.15) is 0 Å². The molecule has 3 nitrogen and oxygen atoms in total. The molecule has 1 aromatic heterocycles. The van der Waals surface area contributed by atoms with Crippen molar-refractivity contribution in [3.05, 3.63) is 17.0 Å². The number of aromatic nitrogens is 3. The molecule has 0 amide bonds. The van der Waals surface area contributed by atoms with E-state index in [-0.39, 0.29) is 0 Å². The van der Waals surface area contributed by atoms with E-state index in [1.807, 2.05) is 13.8 Å². The summed E-state index contributed by atoms with van der Waals surface area (Å²) in [7, 11) is 0. The van der Waals surface area contributed by atoms with Gasteiger partial charge < -0.3 is 0 Å². The monoisotopic (exact) mass is 151 g/mol. The first kappa shape index (κ1) is 8.11. The second kappa shape index (κ2) is 2.95. The van der Waals surface area contributed by atoms with E-state index < -0.39 is 0 Å². The molecule has 0 bridgehead atoms. The molecule has 60 valence electrons. The highest BCUT2D eigenvalue weighted by molar-refractivity contribution is 5.24. The molecule has 1 rings (SSSR count). The molecular formula is C8H13N3. The van der Waals surface area contributed by atoms with Gasteiger partial charge in [-0.1, -0.05) is 13.8 Å². The lowest BCUT2D eigenvalue weighted by atomic mass is 10.0. The van der Waals surface area contributed by atoms with Crippen molar-refractivity contribution < 1.29 is 0 Å². The lowest BCUT2D eigenvalue weighted by molar-refractivity contribution is 0.740. The van der Waals surface area contributed by atoms with Gasteiger partial charge in [0.1, 0.15) is 0 Å². The Bertz CT molecular complexity index is 235. The van der Waals surface area contributed by atoms with Gasteiger partial charge in [-0.15, -0.1) is 10.2 Å². The number of aryl methyl sites for hydroxylation is 2. The minimum Gasteiger partial charge on any atom is -0.135 e. The topological polar surface area (TPSA) is 38.7 Å². The summed E-state index contributed by atoms with van der Waals surface area (Å²) in [4.78, 5) is 0. The van der Waals surface area contributed by atoms with Crippen LogP contribution in [0.1, 0.15) is 36.7 Å². The number of nitrogens with zero attached hydrogens (tertiary/aromatic N) is 3. The third-order valence-corrected chi connectivity index (χ3v) is 1.75. The predicted octanol–water partition coefficient (Wildman–Crippen LogP) is 1.61. The van der Waals surface area contributed by atoms with Crippen molar-refractivity contribution in [1.29, 1.82) is 0 Å². The minimum atomic E-state index is 0.484. The van der Waals surface area contributed by atoms with Crippen molar-refractivity contribution in [3.63, 3.8) is 0 Å². The standard InChI is InChI=1S/C8H13N3/c1-5(2)8-6(3)9-11-10-7(8)4/h5H,1-4H3. The zero-order valence-electron chi connectivity index (χ0n) is 7.42. The smallest absolute Gasteiger partial charge is 0.0671 e. The molecule has 0 aliphatic rings. The summed E-state index contributed by atoms with van der Waals surface area (Å²) in [6.45, 7) is 8.21. The molecule has 0 N–H and O–H groups in total. The van der Waals surface area contributed by atoms with Gasteiger partial charge in [0.2, 0.25) is 0 Å². The maximum Gasteiger partial charge on any atom is 0.0671 e. The van der Waals surface area contributed by atoms with E-state index in [4.69, 9.17) is 0 Å². The Morgan fingerprint density at radius 2 is 1.45 bits per heavy atom. The summed E-state index contributed by atoms with van der Waals surface area (Å²) in [5.41, 5.74) is 3.21. The Hall–Kier alpha value is -0.990.